The molecule has 18 heavy (non-hydrogen) atoms. The van der Waals surface area contributed by atoms with Gasteiger partial charge in [-0.05, 0) is 18.4 Å². The molecule has 2 N–H and O–H groups in total. The van der Waals surface area contributed by atoms with Crippen molar-refractivity contribution in [1.29, 1.82) is 0 Å². The van der Waals surface area contributed by atoms with Gasteiger partial charge >= 0.3 is 6.09 Å². The Balaban J connectivity index is 2.84. The summed E-state index contributed by atoms with van der Waals surface area (Å²) in [4.78, 5) is 11.0. The molecule has 100 valence electrons. The zero-order valence-corrected chi connectivity index (χ0v) is 11.3. The lowest BCUT2D eigenvalue weighted by Crippen LogP contribution is -2.20. The number of amides is 1. The Morgan fingerprint density at radius 2 is 2.11 bits per heavy atom. The topological polar surface area (TPSA) is 61.6 Å². The van der Waals surface area contributed by atoms with Gasteiger partial charge in [-0.3, -0.25) is 0 Å². The minimum atomic E-state index is -0.801. The lowest BCUT2D eigenvalue weighted by atomic mass is 9.98. The summed E-state index contributed by atoms with van der Waals surface area (Å²) >= 11 is 6.10. The highest BCUT2D eigenvalue weighted by molar-refractivity contribution is 6.31. The predicted molar refractivity (Wildman–Crippen MR) is 70.5 cm³/mol. The number of hydrogen-bond acceptors (Lipinski definition) is 3. The van der Waals surface area contributed by atoms with Crippen molar-refractivity contribution in [3.05, 3.63) is 34.9 Å². The molecule has 4 nitrogen and oxygen atoms in total. The van der Waals surface area contributed by atoms with Crippen LogP contribution in [0.5, 0.6) is 0 Å². The summed E-state index contributed by atoms with van der Waals surface area (Å²) in [5, 5.41) is 0.563. The third kappa shape index (κ3) is 4.55. The highest BCUT2D eigenvalue weighted by atomic mass is 35.5. The van der Waals surface area contributed by atoms with Crippen molar-refractivity contribution < 1.29 is 14.3 Å². The van der Waals surface area contributed by atoms with Gasteiger partial charge in [0.1, 0.15) is 6.10 Å². The summed E-state index contributed by atoms with van der Waals surface area (Å²) in [7, 11) is 1.63. The molecule has 0 aromatic heterocycles. The SMILES string of the molecule is COC[C@H](C)C[C@@H](OC(N)=O)c1ccccc1Cl. The van der Waals surface area contributed by atoms with Crippen molar-refractivity contribution in [2.45, 2.75) is 19.4 Å². The van der Waals surface area contributed by atoms with Crippen LogP contribution in [-0.2, 0) is 9.47 Å². The van der Waals surface area contributed by atoms with Crippen LogP contribution in [0.3, 0.4) is 0 Å². The van der Waals surface area contributed by atoms with E-state index < -0.39 is 12.2 Å². The fraction of sp³-hybridized carbons (Fsp3) is 0.462. The maximum absolute atomic E-state index is 11.0. The van der Waals surface area contributed by atoms with Crippen molar-refractivity contribution >= 4 is 17.7 Å². The molecule has 1 aromatic rings. The lowest BCUT2D eigenvalue weighted by molar-refractivity contribution is 0.0740. The van der Waals surface area contributed by atoms with E-state index in [0.717, 1.165) is 5.56 Å². The molecule has 0 aliphatic heterocycles. The second kappa shape index (κ2) is 7.24. The minimum Gasteiger partial charge on any atom is -0.441 e. The molecule has 0 spiro atoms. The number of rotatable bonds is 6. The summed E-state index contributed by atoms with van der Waals surface area (Å²) in [5.41, 5.74) is 5.86. The first-order valence-corrected chi connectivity index (χ1v) is 6.11. The normalized spacial score (nSPS) is 13.9. The van der Waals surface area contributed by atoms with Gasteiger partial charge in [-0.1, -0.05) is 36.7 Å². The second-order valence-electron chi connectivity index (χ2n) is 4.24. The van der Waals surface area contributed by atoms with Crippen LogP contribution in [0, 0.1) is 5.92 Å². The molecular weight excluding hydrogens is 254 g/mol. The van der Waals surface area contributed by atoms with Crippen LogP contribution in [0.4, 0.5) is 4.79 Å². The molecule has 2 atom stereocenters. The molecule has 0 bridgehead atoms. The summed E-state index contributed by atoms with van der Waals surface area (Å²) in [5.74, 6) is 0.232. The fourth-order valence-electron chi connectivity index (χ4n) is 1.83. The van der Waals surface area contributed by atoms with Crippen LogP contribution >= 0.6 is 11.6 Å². The Morgan fingerprint density at radius 1 is 1.44 bits per heavy atom. The van der Waals surface area contributed by atoms with Gasteiger partial charge in [-0.15, -0.1) is 0 Å². The van der Waals surface area contributed by atoms with E-state index in [1.54, 1.807) is 13.2 Å². The monoisotopic (exact) mass is 271 g/mol. The first-order valence-electron chi connectivity index (χ1n) is 5.74. The summed E-state index contributed by atoms with van der Waals surface area (Å²) in [6.07, 6.45) is -0.633. The number of primary amides is 1. The van der Waals surface area contributed by atoms with Crippen molar-refractivity contribution in [3.63, 3.8) is 0 Å². The molecule has 0 radical (unpaired) electrons. The Morgan fingerprint density at radius 3 is 2.67 bits per heavy atom. The first-order chi connectivity index (χ1) is 8.54. The Kier molecular flexibility index (Phi) is 5.95. The van der Waals surface area contributed by atoms with Crippen molar-refractivity contribution in [3.8, 4) is 0 Å². The Bertz CT molecular complexity index is 398. The number of nitrogens with two attached hydrogens (primary N) is 1. The average Bonchev–Trinajstić information content (AvgIpc) is 2.28. The van der Waals surface area contributed by atoms with E-state index in [-0.39, 0.29) is 5.92 Å². The van der Waals surface area contributed by atoms with E-state index >= 15 is 0 Å². The van der Waals surface area contributed by atoms with Crippen LogP contribution in [0.15, 0.2) is 24.3 Å². The number of hydrogen-bond donors (Lipinski definition) is 1. The average molecular weight is 272 g/mol. The standard InChI is InChI=1S/C13H18ClNO3/c1-9(8-17-2)7-12(18-13(15)16)10-5-3-4-6-11(10)14/h3-6,9,12H,7-8H2,1-2H3,(H2,15,16)/t9-,12-/m1/s1. The highest BCUT2D eigenvalue weighted by Gasteiger charge is 2.20. The summed E-state index contributed by atoms with van der Waals surface area (Å²) in [6.45, 7) is 2.60. The van der Waals surface area contributed by atoms with Crippen LogP contribution in [0.2, 0.25) is 5.02 Å². The van der Waals surface area contributed by atoms with E-state index in [4.69, 9.17) is 26.8 Å². The van der Waals surface area contributed by atoms with Gasteiger partial charge in [0, 0.05) is 24.3 Å². The number of carbonyl (C=O) groups excluding carboxylic acids is 1. The molecular formula is C13H18ClNO3. The van der Waals surface area contributed by atoms with Crippen molar-refractivity contribution in [2.24, 2.45) is 11.7 Å². The van der Waals surface area contributed by atoms with E-state index in [2.05, 4.69) is 0 Å². The van der Waals surface area contributed by atoms with E-state index in [1.807, 2.05) is 25.1 Å². The quantitative estimate of drug-likeness (QED) is 0.864. The molecule has 5 heteroatoms. The van der Waals surface area contributed by atoms with Gasteiger partial charge < -0.3 is 15.2 Å². The summed E-state index contributed by atoms with van der Waals surface area (Å²) < 4.78 is 10.2. The molecule has 1 rings (SSSR count). The fourth-order valence-corrected chi connectivity index (χ4v) is 2.09. The maximum atomic E-state index is 11.0. The zero-order valence-electron chi connectivity index (χ0n) is 10.6. The van der Waals surface area contributed by atoms with Gasteiger partial charge in [0.2, 0.25) is 0 Å². The number of ether oxygens (including phenoxy) is 2. The lowest BCUT2D eigenvalue weighted by Gasteiger charge is -2.21. The van der Waals surface area contributed by atoms with Crippen LogP contribution in [0.1, 0.15) is 25.0 Å². The number of methoxy groups -OCH3 is 1. The molecule has 0 fully saturated rings. The van der Waals surface area contributed by atoms with Crippen LogP contribution in [0.25, 0.3) is 0 Å². The molecule has 1 aromatic carbocycles. The highest BCUT2D eigenvalue weighted by Crippen LogP contribution is 2.30. The van der Waals surface area contributed by atoms with E-state index in [1.165, 1.54) is 0 Å². The molecule has 0 saturated heterocycles. The molecule has 1 amide bonds. The summed E-state index contributed by atoms with van der Waals surface area (Å²) in [6, 6.07) is 7.26. The van der Waals surface area contributed by atoms with Gasteiger partial charge in [0.15, 0.2) is 0 Å². The van der Waals surface area contributed by atoms with Crippen molar-refractivity contribution in [1.82, 2.24) is 0 Å². The first kappa shape index (κ1) is 14.8. The van der Waals surface area contributed by atoms with Gasteiger partial charge in [0.05, 0.1) is 0 Å². The number of benzene rings is 1. The van der Waals surface area contributed by atoms with Crippen molar-refractivity contribution in [2.75, 3.05) is 13.7 Å². The molecule has 0 unspecified atom stereocenters. The smallest absolute Gasteiger partial charge is 0.405 e. The largest absolute Gasteiger partial charge is 0.441 e. The Labute approximate surface area is 112 Å². The Hall–Kier alpha value is -1.26. The minimum absolute atomic E-state index is 0.232. The van der Waals surface area contributed by atoms with Crippen LogP contribution < -0.4 is 5.73 Å². The zero-order chi connectivity index (χ0) is 13.5. The van der Waals surface area contributed by atoms with Gasteiger partial charge in [-0.2, -0.15) is 0 Å². The molecule has 0 aliphatic rings. The second-order valence-corrected chi connectivity index (χ2v) is 4.65. The third-order valence-electron chi connectivity index (χ3n) is 2.58. The third-order valence-corrected chi connectivity index (χ3v) is 2.92. The van der Waals surface area contributed by atoms with Crippen LogP contribution in [-0.4, -0.2) is 19.8 Å². The molecule has 0 aliphatic carbocycles. The molecule has 0 saturated carbocycles. The maximum Gasteiger partial charge on any atom is 0.405 e. The van der Waals surface area contributed by atoms with E-state index in [0.29, 0.717) is 18.1 Å². The van der Waals surface area contributed by atoms with Gasteiger partial charge in [-0.25, -0.2) is 4.79 Å². The van der Waals surface area contributed by atoms with Gasteiger partial charge in [0.25, 0.3) is 0 Å². The predicted octanol–water partition coefficient (Wildman–Crippen LogP) is 3.15. The number of halogens is 1. The van der Waals surface area contributed by atoms with E-state index in [9.17, 15) is 4.79 Å². The number of carbonyl (C=O) groups is 1. The molecule has 0 heterocycles.